The fourth-order valence-electron chi connectivity index (χ4n) is 1.18. The van der Waals surface area contributed by atoms with Crippen molar-refractivity contribution < 1.29 is 9.60 Å². The average molecular weight is 248 g/mol. The summed E-state index contributed by atoms with van der Waals surface area (Å²) in [5, 5.41) is 8.51. The Morgan fingerprint density at radius 2 is 2.15 bits per heavy atom. The number of hydrogen-bond acceptors (Lipinski definition) is 2. The lowest BCUT2D eigenvalue weighted by atomic mass is 10.1. The molecule has 0 heterocycles. The lowest BCUT2D eigenvalue weighted by Crippen LogP contribution is -2.09. The molecule has 0 saturated carbocycles. The number of rotatable bonds is 2. The first-order valence-electron chi connectivity index (χ1n) is 3.89. The lowest BCUT2D eigenvalue weighted by molar-refractivity contribution is 0.161. The van der Waals surface area contributed by atoms with E-state index in [1.165, 1.54) is 0 Å². The molecule has 0 aliphatic rings. The SMILES string of the molecule is Cc1cc(CNO)c(C)c(F)c1Br. The fraction of sp³-hybridized carbons (Fsp3) is 0.333. The molecule has 13 heavy (non-hydrogen) atoms. The van der Waals surface area contributed by atoms with Gasteiger partial charge in [-0.2, -0.15) is 0 Å². The van der Waals surface area contributed by atoms with Crippen molar-refractivity contribution in [2.45, 2.75) is 20.4 Å². The van der Waals surface area contributed by atoms with Crippen molar-refractivity contribution in [2.24, 2.45) is 0 Å². The van der Waals surface area contributed by atoms with Gasteiger partial charge in [0.25, 0.3) is 0 Å². The van der Waals surface area contributed by atoms with Crippen molar-refractivity contribution in [1.82, 2.24) is 5.48 Å². The van der Waals surface area contributed by atoms with Gasteiger partial charge < -0.3 is 5.21 Å². The Kier molecular flexibility index (Phi) is 3.41. The van der Waals surface area contributed by atoms with Gasteiger partial charge in [-0.05, 0) is 46.5 Å². The Bertz CT molecular complexity index is 328. The first-order chi connectivity index (χ1) is 6.07. The topological polar surface area (TPSA) is 32.3 Å². The number of hydroxylamine groups is 1. The molecule has 1 rings (SSSR count). The van der Waals surface area contributed by atoms with Crippen LogP contribution in [-0.2, 0) is 6.54 Å². The number of aryl methyl sites for hydroxylation is 1. The Hall–Kier alpha value is -0.450. The van der Waals surface area contributed by atoms with E-state index in [1.807, 2.05) is 18.5 Å². The van der Waals surface area contributed by atoms with Crippen LogP contribution >= 0.6 is 15.9 Å². The molecule has 1 aromatic rings. The molecule has 0 radical (unpaired) electrons. The fourth-order valence-corrected chi connectivity index (χ4v) is 1.59. The molecule has 2 N–H and O–H groups in total. The average Bonchev–Trinajstić information content (AvgIpc) is 2.11. The van der Waals surface area contributed by atoms with Gasteiger partial charge in [0.1, 0.15) is 5.82 Å². The van der Waals surface area contributed by atoms with E-state index in [4.69, 9.17) is 5.21 Å². The maximum atomic E-state index is 13.4. The minimum absolute atomic E-state index is 0.259. The second-order valence-electron chi connectivity index (χ2n) is 2.94. The summed E-state index contributed by atoms with van der Waals surface area (Å²) in [6.07, 6.45) is 0. The van der Waals surface area contributed by atoms with Gasteiger partial charge >= 0.3 is 0 Å². The lowest BCUT2D eigenvalue weighted by Gasteiger charge is -2.09. The predicted molar refractivity (Wildman–Crippen MR) is 52.2 cm³/mol. The quantitative estimate of drug-likeness (QED) is 0.788. The normalized spacial score (nSPS) is 10.5. The largest absolute Gasteiger partial charge is 0.316 e. The molecule has 0 aliphatic heterocycles. The molecule has 2 nitrogen and oxygen atoms in total. The van der Waals surface area contributed by atoms with Crippen molar-refractivity contribution in [3.05, 3.63) is 33.0 Å². The summed E-state index contributed by atoms with van der Waals surface area (Å²) in [4.78, 5) is 0. The third-order valence-electron chi connectivity index (χ3n) is 2.01. The maximum absolute atomic E-state index is 13.4. The predicted octanol–water partition coefficient (Wildman–Crippen LogP) is 2.68. The third-order valence-corrected chi connectivity index (χ3v) is 2.98. The van der Waals surface area contributed by atoms with Gasteiger partial charge in [-0.15, -0.1) is 0 Å². The molecule has 0 unspecified atom stereocenters. The second kappa shape index (κ2) is 4.17. The molecule has 0 aliphatic carbocycles. The smallest absolute Gasteiger partial charge is 0.140 e. The van der Waals surface area contributed by atoms with E-state index in [9.17, 15) is 4.39 Å². The monoisotopic (exact) mass is 247 g/mol. The zero-order chi connectivity index (χ0) is 10.0. The first kappa shape index (κ1) is 10.6. The van der Waals surface area contributed by atoms with E-state index >= 15 is 0 Å². The summed E-state index contributed by atoms with van der Waals surface area (Å²) in [5.74, 6) is -0.259. The zero-order valence-corrected chi connectivity index (χ0v) is 9.07. The molecule has 0 fully saturated rings. The highest BCUT2D eigenvalue weighted by molar-refractivity contribution is 9.10. The van der Waals surface area contributed by atoms with Gasteiger partial charge in [-0.3, -0.25) is 0 Å². The zero-order valence-electron chi connectivity index (χ0n) is 7.49. The van der Waals surface area contributed by atoms with Crippen LogP contribution in [0.25, 0.3) is 0 Å². The van der Waals surface area contributed by atoms with Gasteiger partial charge in [0.15, 0.2) is 0 Å². The van der Waals surface area contributed by atoms with Gasteiger partial charge in [0.05, 0.1) is 4.47 Å². The molecule has 0 spiro atoms. The van der Waals surface area contributed by atoms with Crippen molar-refractivity contribution in [3.63, 3.8) is 0 Å². The van der Waals surface area contributed by atoms with E-state index in [0.717, 1.165) is 11.1 Å². The van der Waals surface area contributed by atoms with Crippen LogP contribution in [0.15, 0.2) is 10.5 Å². The van der Waals surface area contributed by atoms with E-state index in [0.29, 0.717) is 10.0 Å². The Labute approximate surface area is 84.9 Å². The van der Waals surface area contributed by atoms with Gasteiger partial charge in [-0.25, -0.2) is 9.87 Å². The Morgan fingerprint density at radius 1 is 1.54 bits per heavy atom. The molecular weight excluding hydrogens is 237 g/mol. The molecule has 0 atom stereocenters. The molecule has 1 aromatic carbocycles. The van der Waals surface area contributed by atoms with Gasteiger partial charge in [-0.1, -0.05) is 6.07 Å². The van der Waals surface area contributed by atoms with Crippen LogP contribution in [0.5, 0.6) is 0 Å². The molecule has 72 valence electrons. The molecule has 0 bridgehead atoms. The van der Waals surface area contributed by atoms with Crippen LogP contribution in [0, 0.1) is 19.7 Å². The highest BCUT2D eigenvalue weighted by Gasteiger charge is 2.10. The number of benzene rings is 1. The second-order valence-corrected chi connectivity index (χ2v) is 3.73. The van der Waals surface area contributed by atoms with E-state index < -0.39 is 0 Å². The minimum Gasteiger partial charge on any atom is -0.316 e. The first-order valence-corrected chi connectivity index (χ1v) is 4.68. The molecule has 0 saturated heterocycles. The molecular formula is C9H11BrFNO. The highest BCUT2D eigenvalue weighted by atomic mass is 79.9. The van der Waals surface area contributed by atoms with Crippen molar-refractivity contribution in [1.29, 1.82) is 0 Å². The Morgan fingerprint density at radius 3 is 2.69 bits per heavy atom. The number of halogens is 2. The standard InChI is InChI=1S/C9H11BrFNO/c1-5-3-7(4-12-13)6(2)9(11)8(5)10/h3,12-13H,4H2,1-2H3. The van der Waals surface area contributed by atoms with E-state index in [-0.39, 0.29) is 12.4 Å². The molecule has 0 aromatic heterocycles. The Balaban J connectivity index is 3.24. The summed E-state index contributed by atoms with van der Waals surface area (Å²) in [6.45, 7) is 3.76. The van der Waals surface area contributed by atoms with Gasteiger partial charge in [0, 0.05) is 6.54 Å². The summed E-state index contributed by atoms with van der Waals surface area (Å²) in [7, 11) is 0. The summed E-state index contributed by atoms with van der Waals surface area (Å²) in [5.41, 5.74) is 4.16. The highest BCUT2D eigenvalue weighted by Crippen LogP contribution is 2.25. The van der Waals surface area contributed by atoms with Crippen molar-refractivity contribution in [2.75, 3.05) is 0 Å². The van der Waals surface area contributed by atoms with Crippen LogP contribution in [0.4, 0.5) is 4.39 Å². The van der Waals surface area contributed by atoms with Crippen LogP contribution in [0.1, 0.15) is 16.7 Å². The minimum atomic E-state index is -0.259. The summed E-state index contributed by atoms with van der Waals surface area (Å²) >= 11 is 3.16. The number of nitrogens with one attached hydrogen (secondary N) is 1. The molecule has 4 heteroatoms. The number of hydrogen-bond donors (Lipinski definition) is 2. The van der Waals surface area contributed by atoms with Crippen LogP contribution in [0.2, 0.25) is 0 Å². The third kappa shape index (κ3) is 2.07. The van der Waals surface area contributed by atoms with Gasteiger partial charge in [0.2, 0.25) is 0 Å². The van der Waals surface area contributed by atoms with Crippen LogP contribution in [0.3, 0.4) is 0 Å². The van der Waals surface area contributed by atoms with Crippen LogP contribution < -0.4 is 5.48 Å². The van der Waals surface area contributed by atoms with Crippen molar-refractivity contribution in [3.8, 4) is 0 Å². The molecule has 0 amide bonds. The van der Waals surface area contributed by atoms with E-state index in [1.54, 1.807) is 6.92 Å². The maximum Gasteiger partial charge on any atom is 0.140 e. The van der Waals surface area contributed by atoms with Crippen molar-refractivity contribution >= 4 is 15.9 Å². The van der Waals surface area contributed by atoms with E-state index in [2.05, 4.69) is 15.9 Å². The van der Waals surface area contributed by atoms with Crippen LogP contribution in [-0.4, -0.2) is 5.21 Å². The summed E-state index contributed by atoms with van der Waals surface area (Å²) in [6, 6.07) is 1.84. The summed E-state index contributed by atoms with van der Waals surface area (Å²) < 4.78 is 13.9.